The van der Waals surface area contributed by atoms with E-state index in [1.165, 1.54) is 12.3 Å². The molecule has 0 unspecified atom stereocenters. The first-order chi connectivity index (χ1) is 13.1. The number of nitrogens with zero attached hydrogens (tertiary/aromatic N) is 3. The third-order valence-electron chi connectivity index (χ3n) is 4.53. The molecule has 0 bridgehead atoms. The molecule has 1 aromatic carbocycles. The van der Waals surface area contributed by atoms with Crippen LogP contribution in [0.25, 0.3) is 0 Å². The van der Waals surface area contributed by atoms with Gasteiger partial charge in [-0.05, 0) is 54.7 Å². The number of likely N-dealkylation sites (N-methyl/N-ethyl adjacent to an activating group) is 1. The highest BCUT2D eigenvalue weighted by Crippen LogP contribution is 2.27. The first-order valence-corrected chi connectivity index (χ1v) is 9.73. The Kier molecular flexibility index (Phi) is 6.63. The number of hydrogen-bond donors (Lipinski definition) is 1. The number of alkyl halides is 2. The Labute approximate surface area is 161 Å². The van der Waals surface area contributed by atoms with Crippen LogP contribution in [0.2, 0.25) is 0 Å². The van der Waals surface area contributed by atoms with Crippen LogP contribution in [0.3, 0.4) is 0 Å². The molecule has 0 radical (unpaired) electrons. The molecule has 5 nitrogen and oxygen atoms in total. The summed E-state index contributed by atoms with van der Waals surface area (Å²) >= 11 is 0.271. The number of thioether (sulfide) groups is 1. The lowest BCUT2D eigenvalue weighted by molar-refractivity contribution is 0.102. The van der Waals surface area contributed by atoms with Gasteiger partial charge in [-0.3, -0.25) is 4.79 Å². The summed E-state index contributed by atoms with van der Waals surface area (Å²) < 4.78 is 25.3. The molecule has 0 spiro atoms. The molecule has 1 saturated heterocycles. The molecule has 1 aliphatic heterocycles. The van der Waals surface area contributed by atoms with E-state index in [0.29, 0.717) is 5.69 Å². The van der Waals surface area contributed by atoms with Crippen molar-refractivity contribution in [2.75, 3.05) is 42.9 Å². The number of pyridine rings is 1. The molecule has 1 aliphatic rings. The zero-order valence-electron chi connectivity index (χ0n) is 15.1. The first kappa shape index (κ1) is 19.6. The zero-order chi connectivity index (χ0) is 19.2. The van der Waals surface area contributed by atoms with Crippen LogP contribution >= 0.6 is 11.8 Å². The fourth-order valence-electron chi connectivity index (χ4n) is 3.02. The number of nitrogens with one attached hydrogen (secondary N) is 1. The van der Waals surface area contributed by atoms with Crippen molar-refractivity contribution in [3.8, 4) is 0 Å². The van der Waals surface area contributed by atoms with Gasteiger partial charge in [0.1, 0.15) is 5.03 Å². The summed E-state index contributed by atoms with van der Waals surface area (Å²) in [6.07, 6.45) is 1.40. The maximum atomic E-state index is 12.6. The van der Waals surface area contributed by atoms with E-state index in [-0.39, 0.29) is 22.4 Å². The average molecular weight is 392 g/mol. The van der Waals surface area contributed by atoms with Gasteiger partial charge in [-0.2, -0.15) is 8.78 Å². The van der Waals surface area contributed by atoms with Gasteiger partial charge in [-0.1, -0.05) is 6.92 Å². The molecule has 0 atom stereocenters. The first-order valence-electron chi connectivity index (χ1n) is 8.85. The lowest BCUT2D eigenvalue weighted by Gasteiger charge is -2.35. The van der Waals surface area contributed by atoms with Crippen LogP contribution < -0.4 is 10.2 Å². The van der Waals surface area contributed by atoms with E-state index in [1.54, 1.807) is 6.07 Å². The normalized spacial score (nSPS) is 15.2. The molecule has 144 valence electrons. The highest BCUT2D eigenvalue weighted by molar-refractivity contribution is 7.99. The lowest BCUT2D eigenvalue weighted by Crippen LogP contribution is -2.46. The summed E-state index contributed by atoms with van der Waals surface area (Å²) in [7, 11) is 0. The van der Waals surface area contributed by atoms with Crippen LogP contribution in [0.15, 0.2) is 47.6 Å². The molecular weight excluding hydrogens is 370 g/mol. The molecule has 1 N–H and O–H groups in total. The van der Waals surface area contributed by atoms with E-state index in [1.807, 2.05) is 24.3 Å². The zero-order valence-corrected chi connectivity index (χ0v) is 15.9. The molecule has 2 aromatic rings. The maximum absolute atomic E-state index is 12.6. The fourth-order valence-corrected chi connectivity index (χ4v) is 3.60. The second kappa shape index (κ2) is 9.14. The summed E-state index contributed by atoms with van der Waals surface area (Å²) in [4.78, 5) is 21.1. The summed E-state index contributed by atoms with van der Waals surface area (Å²) in [6.45, 7) is 7.27. The van der Waals surface area contributed by atoms with Crippen molar-refractivity contribution in [1.29, 1.82) is 0 Å². The van der Waals surface area contributed by atoms with Gasteiger partial charge in [-0.25, -0.2) is 4.98 Å². The summed E-state index contributed by atoms with van der Waals surface area (Å²) in [6, 6.07) is 10.6. The monoisotopic (exact) mass is 392 g/mol. The molecule has 2 heterocycles. The average Bonchev–Trinajstić information content (AvgIpc) is 2.68. The predicted octanol–water partition coefficient (Wildman–Crippen LogP) is 3.79. The number of benzene rings is 1. The molecule has 3 rings (SSSR count). The number of carbonyl (C=O) groups excluding carboxylic acids is 1. The van der Waals surface area contributed by atoms with Crippen molar-refractivity contribution < 1.29 is 13.6 Å². The third kappa shape index (κ3) is 5.17. The van der Waals surface area contributed by atoms with Crippen LogP contribution in [0.1, 0.15) is 17.3 Å². The van der Waals surface area contributed by atoms with Crippen molar-refractivity contribution in [2.24, 2.45) is 0 Å². The number of piperazine rings is 1. The fraction of sp³-hybridized carbons (Fsp3) is 0.368. The Morgan fingerprint density at radius 1 is 1.19 bits per heavy atom. The van der Waals surface area contributed by atoms with E-state index >= 15 is 0 Å². The van der Waals surface area contributed by atoms with Crippen LogP contribution in [-0.4, -0.2) is 54.3 Å². The van der Waals surface area contributed by atoms with Crippen LogP contribution in [0.4, 0.5) is 20.2 Å². The highest BCUT2D eigenvalue weighted by Gasteiger charge is 2.18. The van der Waals surface area contributed by atoms with Crippen molar-refractivity contribution in [3.05, 3.63) is 48.2 Å². The van der Waals surface area contributed by atoms with Crippen molar-refractivity contribution in [1.82, 2.24) is 9.88 Å². The van der Waals surface area contributed by atoms with Gasteiger partial charge in [0.25, 0.3) is 11.7 Å². The Balaban J connectivity index is 1.64. The minimum Gasteiger partial charge on any atom is -0.369 e. The van der Waals surface area contributed by atoms with Crippen LogP contribution in [0.5, 0.6) is 0 Å². The van der Waals surface area contributed by atoms with Crippen LogP contribution in [-0.2, 0) is 0 Å². The lowest BCUT2D eigenvalue weighted by atomic mass is 10.2. The molecule has 1 amide bonds. The SMILES string of the molecule is CCN1CCN(c2ccc(NC(=O)c3cccnc3SC(F)F)cc2)CC1. The smallest absolute Gasteiger partial charge is 0.290 e. The number of anilines is 2. The standard InChI is InChI=1S/C19H22F2N4OS/c1-2-24-10-12-25(13-11-24)15-7-5-14(6-8-15)23-17(26)16-4-3-9-22-18(16)27-19(20)21/h3-9,19H,2,10-13H2,1H3,(H,23,26). The number of rotatable bonds is 6. The van der Waals surface area contributed by atoms with Gasteiger partial charge in [0.05, 0.1) is 5.56 Å². The molecule has 1 fully saturated rings. The number of aromatic nitrogens is 1. The molecule has 27 heavy (non-hydrogen) atoms. The van der Waals surface area contributed by atoms with Gasteiger partial charge in [0.2, 0.25) is 0 Å². The molecule has 0 aliphatic carbocycles. The number of halogens is 2. The summed E-state index contributed by atoms with van der Waals surface area (Å²) in [5, 5.41) is 2.78. The van der Waals surface area contributed by atoms with Gasteiger partial charge < -0.3 is 15.1 Å². The van der Waals surface area contributed by atoms with Gasteiger partial charge in [-0.15, -0.1) is 0 Å². The summed E-state index contributed by atoms with van der Waals surface area (Å²) in [5.74, 6) is -3.07. The molecule has 8 heteroatoms. The third-order valence-corrected chi connectivity index (χ3v) is 5.25. The molecule has 0 saturated carbocycles. The number of amides is 1. The molecular formula is C19H22F2N4OS. The summed E-state index contributed by atoms with van der Waals surface area (Å²) in [5.41, 5.74) is 1.87. The van der Waals surface area contributed by atoms with E-state index in [0.717, 1.165) is 38.4 Å². The van der Waals surface area contributed by atoms with Gasteiger partial charge in [0, 0.05) is 43.8 Å². The second-order valence-electron chi connectivity index (χ2n) is 6.16. The number of hydrogen-bond acceptors (Lipinski definition) is 5. The maximum Gasteiger partial charge on any atom is 0.290 e. The van der Waals surface area contributed by atoms with Crippen molar-refractivity contribution in [3.63, 3.8) is 0 Å². The van der Waals surface area contributed by atoms with E-state index in [9.17, 15) is 13.6 Å². The van der Waals surface area contributed by atoms with Crippen molar-refractivity contribution in [2.45, 2.75) is 17.7 Å². The van der Waals surface area contributed by atoms with E-state index < -0.39 is 11.7 Å². The highest BCUT2D eigenvalue weighted by atomic mass is 32.2. The predicted molar refractivity (Wildman–Crippen MR) is 105 cm³/mol. The van der Waals surface area contributed by atoms with E-state index in [2.05, 4.69) is 27.0 Å². The van der Waals surface area contributed by atoms with Crippen molar-refractivity contribution >= 4 is 29.0 Å². The second-order valence-corrected chi connectivity index (χ2v) is 7.14. The van der Waals surface area contributed by atoms with Gasteiger partial charge >= 0.3 is 0 Å². The van der Waals surface area contributed by atoms with E-state index in [4.69, 9.17) is 0 Å². The minimum atomic E-state index is -2.63. The Morgan fingerprint density at radius 2 is 1.89 bits per heavy atom. The van der Waals surface area contributed by atoms with Gasteiger partial charge in [0.15, 0.2) is 0 Å². The van der Waals surface area contributed by atoms with Crippen LogP contribution in [0, 0.1) is 0 Å². The topological polar surface area (TPSA) is 48.5 Å². The Morgan fingerprint density at radius 3 is 2.52 bits per heavy atom. The largest absolute Gasteiger partial charge is 0.369 e. The minimum absolute atomic E-state index is 0.0235. The molecule has 1 aromatic heterocycles. The Bertz CT molecular complexity index is 765. The quantitative estimate of drug-likeness (QED) is 0.758. The number of carbonyl (C=O) groups is 1. The Hall–Kier alpha value is -2.19.